The van der Waals surface area contributed by atoms with Gasteiger partial charge in [0.15, 0.2) is 5.16 Å². The summed E-state index contributed by atoms with van der Waals surface area (Å²) in [6.45, 7) is 2.06. The molecule has 1 aromatic heterocycles. The lowest BCUT2D eigenvalue weighted by molar-refractivity contribution is -0.0501. The van der Waals surface area contributed by atoms with Crippen molar-refractivity contribution < 1.29 is 25.8 Å². The Kier molecular flexibility index (Phi) is 5.90. The van der Waals surface area contributed by atoms with Crippen molar-refractivity contribution in [1.29, 1.82) is 0 Å². The summed E-state index contributed by atoms with van der Waals surface area (Å²) in [6, 6.07) is 8.00. The quantitative estimate of drug-likeness (QED) is 0.298. The van der Waals surface area contributed by atoms with Crippen molar-refractivity contribution in [3.63, 3.8) is 0 Å². The molecule has 1 aromatic carbocycles. The molecule has 1 unspecified atom stereocenters. The van der Waals surface area contributed by atoms with E-state index in [9.17, 15) is 21.6 Å². The first-order valence-corrected chi connectivity index (χ1v) is 11.3. The average molecular weight is 432 g/mol. The van der Waals surface area contributed by atoms with E-state index >= 15 is 0 Å². The Bertz CT molecular complexity index is 979. The summed E-state index contributed by atoms with van der Waals surface area (Å²) in [7, 11) is -5.78. The van der Waals surface area contributed by atoms with E-state index in [-0.39, 0.29) is 11.1 Å². The number of thioether (sulfide) groups is 1. The second-order valence-electron chi connectivity index (χ2n) is 6.52. The summed E-state index contributed by atoms with van der Waals surface area (Å²) in [6.07, 6.45) is 4.16. The van der Waals surface area contributed by atoms with Crippen LogP contribution < -0.4 is 4.18 Å². The van der Waals surface area contributed by atoms with Gasteiger partial charge in [-0.15, -0.1) is 0 Å². The molecule has 2 aromatic rings. The number of halogens is 3. The first-order chi connectivity index (χ1) is 13.1. The van der Waals surface area contributed by atoms with E-state index in [0.717, 1.165) is 24.6 Å². The summed E-state index contributed by atoms with van der Waals surface area (Å²) in [5, 5.41) is 0.181. The zero-order chi connectivity index (χ0) is 20.5. The number of fused-ring (bicyclic) bond motifs is 1. The van der Waals surface area contributed by atoms with Gasteiger partial charge in [0.1, 0.15) is 0 Å². The highest BCUT2D eigenvalue weighted by atomic mass is 32.2. The van der Waals surface area contributed by atoms with Gasteiger partial charge in [-0.1, -0.05) is 43.0 Å². The zero-order valence-corrected chi connectivity index (χ0v) is 16.9. The van der Waals surface area contributed by atoms with Gasteiger partial charge in [0.05, 0.1) is 5.69 Å². The summed E-state index contributed by atoms with van der Waals surface area (Å²) in [5.41, 5.74) is -2.24. The average Bonchev–Trinajstić information content (AvgIpc) is 3.03. The Morgan fingerprint density at radius 2 is 1.86 bits per heavy atom. The van der Waals surface area contributed by atoms with Crippen LogP contribution in [0.25, 0.3) is 0 Å². The number of rotatable bonds is 6. The lowest BCUT2D eigenvalue weighted by Gasteiger charge is -2.13. The van der Waals surface area contributed by atoms with Gasteiger partial charge in [-0.25, -0.2) is 4.98 Å². The molecule has 0 spiro atoms. The highest BCUT2D eigenvalue weighted by molar-refractivity contribution is 7.98. The molecule has 28 heavy (non-hydrogen) atoms. The van der Waals surface area contributed by atoms with Gasteiger partial charge < -0.3 is 4.18 Å². The normalized spacial score (nSPS) is 16.8. The van der Waals surface area contributed by atoms with Crippen molar-refractivity contribution in [2.24, 2.45) is 5.92 Å². The molecule has 1 atom stereocenters. The first-order valence-electron chi connectivity index (χ1n) is 8.66. The standard InChI is InChI=1S/C18H19F3N2O3S2/c1-3-12-6-4-5-7-13(12)8-11-9-14-15(10-11)22-17(27-2)23-16(14)26-28(24,25)18(19,20)21/h4-7,11H,3,8-10H2,1-2H3. The fourth-order valence-corrected chi connectivity index (χ4v) is 4.18. The highest BCUT2D eigenvalue weighted by Crippen LogP contribution is 2.37. The van der Waals surface area contributed by atoms with Crippen LogP contribution in [0.2, 0.25) is 0 Å². The van der Waals surface area contributed by atoms with Crippen LogP contribution in [0.5, 0.6) is 5.88 Å². The molecule has 152 valence electrons. The van der Waals surface area contributed by atoms with Gasteiger partial charge in [0.25, 0.3) is 0 Å². The summed E-state index contributed by atoms with van der Waals surface area (Å²) in [4.78, 5) is 8.24. The van der Waals surface area contributed by atoms with Crippen LogP contribution in [0.1, 0.15) is 29.3 Å². The fourth-order valence-electron chi connectivity index (χ4n) is 3.36. The summed E-state index contributed by atoms with van der Waals surface area (Å²) < 4.78 is 65.5. The maximum absolute atomic E-state index is 12.7. The second-order valence-corrected chi connectivity index (χ2v) is 8.84. The Balaban J connectivity index is 1.90. The Labute approximate surface area is 165 Å². The van der Waals surface area contributed by atoms with Crippen molar-refractivity contribution in [3.05, 3.63) is 46.6 Å². The molecular formula is C18H19F3N2O3S2. The number of aromatic nitrogens is 2. The van der Waals surface area contributed by atoms with E-state index in [0.29, 0.717) is 24.1 Å². The van der Waals surface area contributed by atoms with E-state index in [1.54, 1.807) is 6.26 Å². The largest absolute Gasteiger partial charge is 0.534 e. The maximum Gasteiger partial charge on any atom is 0.534 e. The van der Waals surface area contributed by atoms with E-state index in [2.05, 4.69) is 21.1 Å². The zero-order valence-electron chi connectivity index (χ0n) is 15.3. The van der Waals surface area contributed by atoms with Crippen molar-refractivity contribution >= 4 is 21.9 Å². The third-order valence-corrected chi connectivity index (χ3v) is 6.16. The van der Waals surface area contributed by atoms with Crippen LogP contribution in [-0.4, -0.2) is 30.1 Å². The molecule has 0 aliphatic heterocycles. The SMILES string of the molecule is CCc1ccccc1CC1Cc2nc(SC)nc(OS(=O)(=O)C(F)(F)F)c2C1. The number of benzene rings is 1. The summed E-state index contributed by atoms with van der Waals surface area (Å²) >= 11 is 1.12. The highest BCUT2D eigenvalue weighted by Gasteiger charge is 2.49. The minimum Gasteiger partial charge on any atom is -0.355 e. The molecule has 1 heterocycles. The van der Waals surface area contributed by atoms with Crippen LogP contribution in [0.4, 0.5) is 13.2 Å². The Morgan fingerprint density at radius 1 is 1.18 bits per heavy atom. The predicted molar refractivity (Wildman–Crippen MR) is 99.8 cm³/mol. The minimum atomic E-state index is -5.78. The third kappa shape index (κ3) is 4.27. The first kappa shape index (κ1) is 20.9. The van der Waals surface area contributed by atoms with Crippen molar-refractivity contribution in [1.82, 2.24) is 9.97 Å². The molecule has 0 radical (unpaired) electrons. The maximum atomic E-state index is 12.7. The number of nitrogens with zero attached hydrogens (tertiary/aromatic N) is 2. The predicted octanol–water partition coefficient (Wildman–Crippen LogP) is 3.95. The lowest BCUT2D eigenvalue weighted by atomic mass is 9.93. The third-order valence-electron chi connectivity index (χ3n) is 4.67. The summed E-state index contributed by atoms with van der Waals surface area (Å²) in [5.74, 6) is -0.428. The molecule has 1 aliphatic carbocycles. The van der Waals surface area contributed by atoms with E-state index < -0.39 is 21.5 Å². The van der Waals surface area contributed by atoms with E-state index in [4.69, 9.17) is 0 Å². The smallest absolute Gasteiger partial charge is 0.355 e. The number of aryl methyl sites for hydroxylation is 1. The van der Waals surface area contributed by atoms with Gasteiger partial charge in [-0.05, 0) is 49.0 Å². The Hall–Kier alpha value is -1.81. The molecule has 0 amide bonds. The minimum absolute atomic E-state index is 0.0880. The molecule has 10 heteroatoms. The number of hydrogen-bond donors (Lipinski definition) is 0. The molecule has 1 aliphatic rings. The van der Waals surface area contributed by atoms with Crippen LogP contribution in [-0.2, 0) is 35.8 Å². The lowest BCUT2D eigenvalue weighted by Crippen LogP contribution is -2.29. The molecule has 3 rings (SSSR count). The van der Waals surface area contributed by atoms with Crippen molar-refractivity contribution in [2.45, 2.75) is 43.3 Å². The van der Waals surface area contributed by atoms with Crippen molar-refractivity contribution in [3.8, 4) is 5.88 Å². The van der Waals surface area contributed by atoms with Gasteiger partial charge in [-0.2, -0.15) is 26.6 Å². The van der Waals surface area contributed by atoms with Gasteiger partial charge in [0.2, 0.25) is 5.88 Å². The topological polar surface area (TPSA) is 69.2 Å². The number of hydrogen-bond acceptors (Lipinski definition) is 6. The monoisotopic (exact) mass is 432 g/mol. The molecule has 0 saturated carbocycles. The van der Waals surface area contributed by atoms with Crippen molar-refractivity contribution in [2.75, 3.05) is 6.26 Å². The van der Waals surface area contributed by atoms with E-state index in [1.807, 2.05) is 24.3 Å². The molecular weight excluding hydrogens is 413 g/mol. The van der Waals surface area contributed by atoms with Crippen LogP contribution in [0.3, 0.4) is 0 Å². The molecule has 0 fully saturated rings. The molecule has 0 N–H and O–H groups in total. The van der Waals surface area contributed by atoms with Gasteiger partial charge >= 0.3 is 15.6 Å². The fraction of sp³-hybridized carbons (Fsp3) is 0.444. The van der Waals surface area contributed by atoms with Crippen LogP contribution >= 0.6 is 11.8 Å². The van der Waals surface area contributed by atoms with Crippen LogP contribution in [0.15, 0.2) is 29.4 Å². The number of alkyl halides is 3. The Morgan fingerprint density at radius 3 is 2.46 bits per heavy atom. The molecule has 0 bridgehead atoms. The van der Waals surface area contributed by atoms with E-state index in [1.165, 1.54) is 11.1 Å². The molecule has 0 saturated heterocycles. The van der Waals surface area contributed by atoms with Crippen LogP contribution in [0, 0.1) is 5.92 Å². The van der Waals surface area contributed by atoms with Gasteiger partial charge in [0, 0.05) is 5.56 Å². The second kappa shape index (κ2) is 7.90. The molecule has 5 nitrogen and oxygen atoms in total. The van der Waals surface area contributed by atoms with Gasteiger partial charge in [-0.3, -0.25) is 0 Å².